The van der Waals surface area contributed by atoms with Crippen LogP contribution in [0.25, 0.3) is 5.69 Å². The standard InChI is InChI=1S/C26H33N5O4S/c1-2-3-4-5-9-19-35-25-24(21-28-31(26(25)32)22-11-7-6-8-12-22)29-15-17-30(18-16-29)36(33,34)23-13-10-14-27-20-23/h6-8,10-14,20-21H,2-5,9,15-19H2,1H3. The fraction of sp³-hybridized carbons (Fsp3) is 0.423. The first-order chi connectivity index (χ1) is 17.5. The van der Waals surface area contributed by atoms with Gasteiger partial charge in [-0.05, 0) is 30.7 Å². The lowest BCUT2D eigenvalue weighted by atomic mass is 10.2. The minimum absolute atomic E-state index is 0.178. The quantitative estimate of drug-likeness (QED) is 0.364. The highest BCUT2D eigenvalue weighted by Gasteiger charge is 2.30. The zero-order valence-corrected chi connectivity index (χ0v) is 21.4. The van der Waals surface area contributed by atoms with Crippen LogP contribution in [0.4, 0.5) is 5.69 Å². The number of aromatic nitrogens is 3. The van der Waals surface area contributed by atoms with Crippen LogP contribution in [0.3, 0.4) is 0 Å². The number of hydrogen-bond donors (Lipinski definition) is 0. The van der Waals surface area contributed by atoms with Crippen molar-refractivity contribution in [3.63, 3.8) is 0 Å². The van der Waals surface area contributed by atoms with E-state index in [2.05, 4.69) is 17.0 Å². The van der Waals surface area contributed by atoms with E-state index < -0.39 is 10.0 Å². The molecule has 3 aromatic rings. The number of pyridine rings is 1. The summed E-state index contributed by atoms with van der Waals surface area (Å²) in [5.74, 6) is 0.257. The first kappa shape index (κ1) is 25.8. The van der Waals surface area contributed by atoms with Crippen LogP contribution in [0, 0.1) is 0 Å². The van der Waals surface area contributed by atoms with Crippen LogP contribution >= 0.6 is 0 Å². The predicted molar refractivity (Wildman–Crippen MR) is 139 cm³/mol. The molecule has 192 valence electrons. The topological polar surface area (TPSA) is 97.6 Å². The van der Waals surface area contributed by atoms with E-state index in [1.54, 1.807) is 24.5 Å². The lowest BCUT2D eigenvalue weighted by Crippen LogP contribution is -2.49. The second kappa shape index (κ2) is 12.1. The van der Waals surface area contributed by atoms with Gasteiger partial charge in [0, 0.05) is 38.6 Å². The number of nitrogens with zero attached hydrogens (tertiary/aromatic N) is 5. The number of unbranched alkanes of at least 4 members (excludes halogenated alkanes) is 4. The molecule has 1 aliphatic rings. The van der Waals surface area contributed by atoms with E-state index >= 15 is 0 Å². The van der Waals surface area contributed by atoms with Gasteiger partial charge in [0.05, 0.1) is 18.5 Å². The Morgan fingerprint density at radius 2 is 1.67 bits per heavy atom. The summed E-state index contributed by atoms with van der Waals surface area (Å²) in [6.45, 7) is 4.03. The maximum atomic E-state index is 13.4. The van der Waals surface area contributed by atoms with E-state index in [0.717, 1.165) is 19.3 Å². The highest BCUT2D eigenvalue weighted by molar-refractivity contribution is 7.89. The van der Waals surface area contributed by atoms with Crippen molar-refractivity contribution in [2.24, 2.45) is 0 Å². The fourth-order valence-electron chi connectivity index (χ4n) is 4.24. The number of para-hydroxylation sites is 1. The Hall–Kier alpha value is -3.24. The van der Waals surface area contributed by atoms with Gasteiger partial charge in [0.2, 0.25) is 15.8 Å². The second-order valence-corrected chi connectivity index (χ2v) is 10.7. The maximum absolute atomic E-state index is 13.4. The third-order valence-corrected chi connectivity index (χ3v) is 8.14. The van der Waals surface area contributed by atoms with E-state index in [9.17, 15) is 13.2 Å². The molecule has 9 nitrogen and oxygen atoms in total. The first-order valence-corrected chi connectivity index (χ1v) is 13.9. The minimum atomic E-state index is -3.62. The molecule has 0 unspecified atom stereocenters. The summed E-state index contributed by atoms with van der Waals surface area (Å²) >= 11 is 0. The molecule has 0 N–H and O–H groups in total. The highest BCUT2D eigenvalue weighted by Crippen LogP contribution is 2.27. The monoisotopic (exact) mass is 511 g/mol. The minimum Gasteiger partial charge on any atom is -0.486 e. The zero-order chi connectivity index (χ0) is 25.4. The van der Waals surface area contributed by atoms with Gasteiger partial charge in [0.1, 0.15) is 10.6 Å². The van der Waals surface area contributed by atoms with Crippen LogP contribution < -0.4 is 15.2 Å². The number of rotatable bonds is 11. The van der Waals surface area contributed by atoms with Crippen molar-refractivity contribution in [2.75, 3.05) is 37.7 Å². The van der Waals surface area contributed by atoms with Gasteiger partial charge in [-0.15, -0.1) is 0 Å². The smallest absolute Gasteiger partial charge is 0.316 e. The van der Waals surface area contributed by atoms with Gasteiger partial charge < -0.3 is 9.64 Å². The molecule has 1 fully saturated rings. The average molecular weight is 512 g/mol. The van der Waals surface area contributed by atoms with Crippen molar-refractivity contribution in [3.05, 3.63) is 71.4 Å². The van der Waals surface area contributed by atoms with Crippen molar-refractivity contribution < 1.29 is 13.2 Å². The number of ether oxygens (including phenoxy) is 1. The normalized spacial score (nSPS) is 14.6. The highest BCUT2D eigenvalue weighted by atomic mass is 32.2. The molecule has 1 aliphatic heterocycles. The number of hydrogen-bond acceptors (Lipinski definition) is 7. The molecule has 4 rings (SSSR count). The van der Waals surface area contributed by atoms with Crippen molar-refractivity contribution in [1.29, 1.82) is 0 Å². The fourth-order valence-corrected chi connectivity index (χ4v) is 5.63. The average Bonchev–Trinajstić information content (AvgIpc) is 2.92. The molecule has 0 spiro atoms. The second-order valence-electron chi connectivity index (χ2n) is 8.75. The van der Waals surface area contributed by atoms with Crippen molar-refractivity contribution in [1.82, 2.24) is 19.1 Å². The SMILES string of the molecule is CCCCCCCOc1c(N2CCN(S(=O)(=O)c3cccnc3)CC2)cnn(-c2ccccc2)c1=O. The van der Waals surface area contributed by atoms with Crippen LogP contribution in [0.5, 0.6) is 5.75 Å². The van der Waals surface area contributed by atoms with E-state index in [-0.39, 0.29) is 29.3 Å². The Bertz CT molecular complexity index is 1270. The molecular formula is C26H33N5O4S. The van der Waals surface area contributed by atoms with Crippen molar-refractivity contribution in [2.45, 2.75) is 43.9 Å². The van der Waals surface area contributed by atoms with Crippen molar-refractivity contribution >= 4 is 15.7 Å². The lowest BCUT2D eigenvalue weighted by molar-refractivity contribution is 0.297. The molecule has 3 heterocycles. The summed E-state index contributed by atoms with van der Waals surface area (Å²) in [5, 5.41) is 4.41. The van der Waals surface area contributed by atoms with Crippen LogP contribution in [0.1, 0.15) is 39.0 Å². The van der Waals surface area contributed by atoms with Gasteiger partial charge in [-0.1, -0.05) is 50.8 Å². The number of piperazine rings is 1. The van der Waals surface area contributed by atoms with Gasteiger partial charge in [-0.2, -0.15) is 14.1 Å². The molecule has 1 aromatic carbocycles. The van der Waals surface area contributed by atoms with Gasteiger partial charge in [-0.3, -0.25) is 9.78 Å². The number of sulfonamides is 1. The molecule has 0 atom stereocenters. The maximum Gasteiger partial charge on any atom is 0.316 e. The molecular weight excluding hydrogens is 478 g/mol. The summed E-state index contributed by atoms with van der Waals surface area (Å²) in [4.78, 5) is 19.5. The van der Waals surface area contributed by atoms with E-state index in [1.807, 2.05) is 35.2 Å². The van der Waals surface area contributed by atoms with Gasteiger partial charge in [0.15, 0.2) is 0 Å². The zero-order valence-electron chi connectivity index (χ0n) is 20.6. The van der Waals surface area contributed by atoms with Crippen molar-refractivity contribution in [3.8, 4) is 11.4 Å². The Morgan fingerprint density at radius 3 is 2.36 bits per heavy atom. The summed E-state index contributed by atoms with van der Waals surface area (Å²) in [6, 6.07) is 12.4. The number of benzene rings is 1. The Kier molecular flexibility index (Phi) is 8.71. The largest absolute Gasteiger partial charge is 0.486 e. The molecule has 0 radical (unpaired) electrons. The Balaban J connectivity index is 1.53. The molecule has 1 saturated heterocycles. The van der Waals surface area contributed by atoms with E-state index in [1.165, 1.54) is 28.0 Å². The molecule has 2 aromatic heterocycles. The third-order valence-electron chi connectivity index (χ3n) is 6.26. The summed E-state index contributed by atoms with van der Waals surface area (Å²) < 4.78 is 34.8. The van der Waals surface area contributed by atoms with Crippen LogP contribution in [0.2, 0.25) is 0 Å². The molecule has 0 amide bonds. The van der Waals surface area contributed by atoms with E-state index in [4.69, 9.17) is 4.74 Å². The van der Waals surface area contributed by atoms with Gasteiger partial charge in [-0.25, -0.2) is 8.42 Å². The van der Waals surface area contributed by atoms with Gasteiger partial charge >= 0.3 is 5.56 Å². The summed E-state index contributed by atoms with van der Waals surface area (Å²) in [6.07, 6.45) is 9.97. The third kappa shape index (κ3) is 5.93. The number of anilines is 1. The first-order valence-electron chi connectivity index (χ1n) is 12.5. The molecule has 0 saturated carbocycles. The predicted octanol–water partition coefficient (Wildman–Crippen LogP) is 3.49. The Morgan fingerprint density at radius 1 is 0.917 bits per heavy atom. The molecule has 0 bridgehead atoms. The summed E-state index contributed by atoms with van der Waals surface area (Å²) in [5.41, 5.74) is 0.936. The van der Waals surface area contributed by atoms with Crippen LogP contribution in [0.15, 0.2) is 70.7 Å². The Labute approximate surface area is 212 Å². The summed E-state index contributed by atoms with van der Waals surface area (Å²) in [7, 11) is -3.62. The molecule has 36 heavy (non-hydrogen) atoms. The lowest BCUT2D eigenvalue weighted by Gasteiger charge is -2.35. The van der Waals surface area contributed by atoms with Crippen LogP contribution in [-0.4, -0.2) is 60.3 Å². The van der Waals surface area contributed by atoms with E-state index in [0.29, 0.717) is 31.1 Å². The van der Waals surface area contributed by atoms with Crippen LogP contribution in [-0.2, 0) is 10.0 Å². The molecule has 10 heteroatoms. The van der Waals surface area contributed by atoms with Gasteiger partial charge in [0.25, 0.3) is 0 Å². The molecule has 0 aliphatic carbocycles.